The second-order valence-electron chi connectivity index (χ2n) is 7.31. The van der Waals surface area contributed by atoms with Crippen LogP contribution in [0.2, 0.25) is 0 Å². The van der Waals surface area contributed by atoms with E-state index in [1.165, 1.54) is 6.07 Å². The Kier molecular flexibility index (Phi) is 7.24. The van der Waals surface area contributed by atoms with Crippen LogP contribution in [0.1, 0.15) is 18.4 Å². The number of halogens is 2. The topological polar surface area (TPSA) is 115 Å². The highest BCUT2D eigenvalue weighted by molar-refractivity contribution is 7.93. The van der Waals surface area contributed by atoms with Gasteiger partial charge in [-0.2, -0.15) is 4.39 Å². The molecule has 30 heavy (non-hydrogen) atoms. The third-order valence-electron chi connectivity index (χ3n) is 4.73. The Morgan fingerprint density at radius 3 is 2.63 bits per heavy atom. The number of thiazole rings is 1. The number of unbranched alkanes of at least 4 members (excludes halogenated alkanes) is 1. The summed E-state index contributed by atoms with van der Waals surface area (Å²) in [5.41, 5.74) is 0.437. The van der Waals surface area contributed by atoms with Gasteiger partial charge in [0.2, 0.25) is 0 Å². The van der Waals surface area contributed by atoms with Crippen molar-refractivity contribution in [1.29, 1.82) is 0 Å². The van der Waals surface area contributed by atoms with Crippen molar-refractivity contribution in [2.24, 2.45) is 0 Å². The van der Waals surface area contributed by atoms with Crippen LogP contribution < -0.4 is 20.7 Å². The number of sulfonamides is 1. The quantitative estimate of drug-likeness (QED) is 0.323. The van der Waals surface area contributed by atoms with E-state index in [2.05, 4.69) is 25.7 Å². The van der Waals surface area contributed by atoms with Crippen molar-refractivity contribution in [2.75, 3.05) is 42.8 Å². The lowest BCUT2D eigenvalue weighted by molar-refractivity contribution is -0.00822. The van der Waals surface area contributed by atoms with E-state index >= 15 is 0 Å². The average Bonchev–Trinajstić information content (AvgIpc) is 3.05. The summed E-state index contributed by atoms with van der Waals surface area (Å²) < 4.78 is 54.4. The van der Waals surface area contributed by atoms with Gasteiger partial charge in [-0.15, -0.1) is 0 Å². The maximum Gasteiger partial charge on any atom is 0.266 e. The SMILES string of the molecule is Cc1cc(S(=O)(=O)Nc2ncc(F)s2)c(F)cc1NCCCCNCC1(O)CNC1. The summed E-state index contributed by atoms with van der Waals surface area (Å²) in [5.74, 6) is -0.906. The number of benzene rings is 1. The fourth-order valence-corrected chi connectivity index (χ4v) is 4.91. The minimum absolute atomic E-state index is 0.166. The number of nitrogens with one attached hydrogen (secondary N) is 4. The molecule has 0 aliphatic carbocycles. The van der Waals surface area contributed by atoms with E-state index in [9.17, 15) is 22.3 Å². The summed E-state index contributed by atoms with van der Waals surface area (Å²) in [6.45, 7) is 4.80. The van der Waals surface area contributed by atoms with E-state index < -0.39 is 31.5 Å². The lowest BCUT2D eigenvalue weighted by atomic mass is 9.97. The lowest BCUT2D eigenvalue weighted by Crippen LogP contribution is -2.64. The van der Waals surface area contributed by atoms with Crippen molar-refractivity contribution in [2.45, 2.75) is 30.3 Å². The zero-order valence-corrected chi connectivity index (χ0v) is 18.1. The number of aromatic nitrogens is 1. The van der Waals surface area contributed by atoms with Gasteiger partial charge in [-0.05, 0) is 44.0 Å². The number of hydrogen-bond donors (Lipinski definition) is 5. The van der Waals surface area contributed by atoms with Gasteiger partial charge in [0.15, 0.2) is 10.3 Å². The maximum absolute atomic E-state index is 14.5. The van der Waals surface area contributed by atoms with Crippen LogP contribution in [-0.4, -0.2) is 56.8 Å². The summed E-state index contributed by atoms with van der Waals surface area (Å²) in [4.78, 5) is 3.07. The van der Waals surface area contributed by atoms with Crippen molar-refractivity contribution in [3.05, 3.63) is 34.8 Å². The van der Waals surface area contributed by atoms with Gasteiger partial charge in [-0.25, -0.2) is 17.8 Å². The molecular weight excluding hydrogens is 436 g/mol. The van der Waals surface area contributed by atoms with Gasteiger partial charge >= 0.3 is 0 Å². The average molecular weight is 462 g/mol. The van der Waals surface area contributed by atoms with Gasteiger partial charge in [-0.3, -0.25) is 4.72 Å². The third kappa shape index (κ3) is 5.85. The number of β-amino-alcohol motifs (C(OH)–C–C–N with tert-alkyl or cyclic N) is 1. The molecule has 3 rings (SSSR count). The first-order valence-corrected chi connectivity index (χ1v) is 11.8. The summed E-state index contributed by atoms with van der Waals surface area (Å²) in [7, 11) is -4.22. The van der Waals surface area contributed by atoms with Gasteiger partial charge in [-0.1, -0.05) is 11.3 Å². The zero-order valence-electron chi connectivity index (χ0n) is 16.5. The molecule has 2 heterocycles. The highest BCUT2D eigenvalue weighted by Crippen LogP contribution is 2.26. The highest BCUT2D eigenvalue weighted by Gasteiger charge is 2.33. The van der Waals surface area contributed by atoms with Gasteiger partial charge in [0.25, 0.3) is 10.0 Å². The molecule has 2 aromatic rings. The lowest BCUT2D eigenvalue weighted by Gasteiger charge is -2.37. The number of anilines is 2. The molecule has 0 bridgehead atoms. The summed E-state index contributed by atoms with van der Waals surface area (Å²) >= 11 is 0.522. The van der Waals surface area contributed by atoms with E-state index in [-0.39, 0.29) is 5.13 Å². The first kappa shape index (κ1) is 22.8. The Hall–Kier alpha value is -1.86. The molecular formula is C18H25F2N5O3S2. The molecule has 1 aliphatic rings. The molecule has 12 heteroatoms. The van der Waals surface area contributed by atoms with Crippen molar-refractivity contribution in [3.8, 4) is 0 Å². The molecule has 0 atom stereocenters. The number of aliphatic hydroxyl groups is 1. The van der Waals surface area contributed by atoms with E-state index in [1.54, 1.807) is 6.92 Å². The summed E-state index contributed by atoms with van der Waals surface area (Å²) in [5, 5.41) is 18.5. The van der Waals surface area contributed by atoms with Crippen LogP contribution in [0.5, 0.6) is 0 Å². The van der Waals surface area contributed by atoms with Gasteiger partial charge in [0, 0.05) is 31.9 Å². The predicted octanol–water partition coefficient (Wildman–Crippen LogP) is 1.65. The Bertz CT molecular complexity index is 980. The fourth-order valence-electron chi connectivity index (χ4n) is 2.98. The first-order chi connectivity index (χ1) is 14.2. The Labute approximate surface area is 178 Å². The summed E-state index contributed by atoms with van der Waals surface area (Å²) in [6, 6.07) is 2.38. The number of nitrogens with zero attached hydrogens (tertiary/aromatic N) is 1. The standard InChI is InChI=1S/C18H25F2N5O3S2/c1-12-6-15(30(27,28)25-17-24-8-16(20)29-17)13(19)7-14(12)23-5-3-2-4-21-9-18(26)10-22-11-18/h6-8,21-23,26H,2-5,9-11H2,1H3,(H,24,25). The number of rotatable bonds is 11. The molecule has 1 saturated heterocycles. The predicted molar refractivity (Wildman–Crippen MR) is 112 cm³/mol. The van der Waals surface area contributed by atoms with Gasteiger partial charge in [0.1, 0.15) is 16.3 Å². The van der Waals surface area contributed by atoms with Crippen LogP contribution >= 0.6 is 11.3 Å². The van der Waals surface area contributed by atoms with E-state index in [0.717, 1.165) is 31.6 Å². The molecule has 1 aliphatic heterocycles. The minimum Gasteiger partial charge on any atom is -0.386 e. The van der Waals surface area contributed by atoms with Crippen LogP contribution in [0, 0.1) is 17.9 Å². The molecule has 5 N–H and O–H groups in total. The maximum atomic E-state index is 14.5. The first-order valence-electron chi connectivity index (χ1n) is 9.51. The second kappa shape index (κ2) is 9.52. The van der Waals surface area contributed by atoms with Crippen molar-refractivity contribution in [3.63, 3.8) is 0 Å². The fraction of sp³-hybridized carbons (Fsp3) is 0.500. The Balaban J connectivity index is 1.49. The van der Waals surface area contributed by atoms with Crippen molar-refractivity contribution < 1.29 is 22.3 Å². The third-order valence-corrected chi connectivity index (χ3v) is 6.91. The largest absolute Gasteiger partial charge is 0.386 e. The minimum atomic E-state index is -4.22. The number of aryl methyl sites for hydroxylation is 1. The smallest absolute Gasteiger partial charge is 0.266 e. The zero-order chi connectivity index (χ0) is 21.8. The van der Waals surface area contributed by atoms with Crippen LogP contribution in [0.3, 0.4) is 0 Å². The second-order valence-corrected chi connectivity index (χ2v) is 9.94. The normalized spacial score (nSPS) is 15.6. The Morgan fingerprint density at radius 2 is 2.00 bits per heavy atom. The van der Waals surface area contributed by atoms with Crippen molar-refractivity contribution in [1.82, 2.24) is 15.6 Å². The van der Waals surface area contributed by atoms with Crippen LogP contribution in [0.15, 0.2) is 23.2 Å². The molecule has 1 fully saturated rings. The van der Waals surface area contributed by atoms with E-state index in [4.69, 9.17) is 0 Å². The van der Waals surface area contributed by atoms with E-state index in [1.807, 2.05) is 0 Å². The van der Waals surface area contributed by atoms with E-state index in [0.29, 0.717) is 48.8 Å². The molecule has 0 amide bonds. The molecule has 1 aromatic carbocycles. The van der Waals surface area contributed by atoms with Crippen LogP contribution in [0.4, 0.5) is 19.6 Å². The molecule has 1 aromatic heterocycles. The van der Waals surface area contributed by atoms with Crippen LogP contribution in [-0.2, 0) is 10.0 Å². The monoisotopic (exact) mass is 461 g/mol. The molecule has 0 unspecified atom stereocenters. The van der Waals surface area contributed by atoms with Gasteiger partial charge in [0.05, 0.1) is 6.20 Å². The molecule has 8 nitrogen and oxygen atoms in total. The highest BCUT2D eigenvalue weighted by atomic mass is 32.2. The molecule has 0 radical (unpaired) electrons. The Morgan fingerprint density at radius 1 is 1.27 bits per heavy atom. The van der Waals surface area contributed by atoms with Gasteiger partial charge < -0.3 is 21.1 Å². The summed E-state index contributed by atoms with van der Waals surface area (Å²) in [6.07, 6.45) is 2.58. The molecule has 166 valence electrons. The van der Waals surface area contributed by atoms with Crippen molar-refractivity contribution >= 4 is 32.2 Å². The molecule has 0 saturated carbocycles. The number of hydrogen-bond acceptors (Lipinski definition) is 8. The molecule has 0 spiro atoms. The van der Waals surface area contributed by atoms with Crippen LogP contribution in [0.25, 0.3) is 0 Å².